The molecule has 1 heterocycles. The number of hydrogen-bond acceptors (Lipinski definition) is 3. The molecule has 0 aliphatic rings. The normalized spacial score (nSPS) is 11.2. The molecular formula is C16H16ClNO4. The zero-order chi connectivity index (χ0) is 16.3. The van der Waals surface area contributed by atoms with Gasteiger partial charge in [-0.1, -0.05) is 37.6 Å². The highest BCUT2D eigenvalue weighted by Gasteiger charge is 2.23. The molecule has 0 saturated heterocycles. The Balaban J connectivity index is 2.02. The van der Waals surface area contributed by atoms with Gasteiger partial charge in [-0.3, -0.25) is 4.79 Å². The Hall–Kier alpha value is -2.27. The average molecular weight is 322 g/mol. The fourth-order valence-electron chi connectivity index (χ4n) is 1.96. The monoisotopic (exact) mass is 321 g/mol. The van der Waals surface area contributed by atoms with Gasteiger partial charge >= 0.3 is 5.97 Å². The van der Waals surface area contributed by atoms with Crippen molar-refractivity contribution in [3.8, 4) is 0 Å². The molecule has 1 aromatic heterocycles. The van der Waals surface area contributed by atoms with Gasteiger partial charge in [-0.2, -0.15) is 0 Å². The summed E-state index contributed by atoms with van der Waals surface area (Å²) in [5.74, 6) is -1.61. The molecule has 0 radical (unpaired) electrons. The van der Waals surface area contributed by atoms with E-state index in [9.17, 15) is 9.59 Å². The van der Waals surface area contributed by atoms with Crippen LogP contribution in [0.3, 0.4) is 0 Å². The highest BCUT2D eigenvalue weighted by molar-refractivity contribution is 6.30. The molecule has 0 aliphatic heterocycles. The Morgan fingerprint density at radius 3 is 2.45 bits per heavy atom. The number of carbonyl (C=O) groups is 2. The van der Waals surface area contributed by atoms with Crippen LogP contribution in [0.2, 0.25) is 5.02 Å². The number of halogens is 1. The van der Waals surface area contributed by atoms with Crippen LogP contribution in [0.1, 0.15) is 40.3 Å². The molecule has 1 amide bonds. The number of aromatic carboxylic acids is 1. The number of carbonyl (C=O) groups excluding carboxylic acids is 1. The fraction of sp³-hybridized carbons (Fsp3) is 0.250. The van der Waals surface area contributed by atoms with E-state index in [1.54, 1.807) is 12.1 Å². The van der Waals surface area contributed by atoms with Crippen LogP contribution < -0.4 is 5.32 Å². The van der Waals surface area contributed by atoms with E-state index in [-0.39, 0.29) is 16.7 Å². The molecule has 2 aromatic rings. The Bertz CT molecular complexity index is 688. The molecule has 2 rings (SSSR count). The molecule has 0 fully saturated rings. The first-order valence-electron chi connectivity index (χ1n) is 6.66. The third-order valence-electron chi connectivity index (χ3n) is 3.39. The van der Waals surface area contributed by atoms with Crippen molar-refractivity contribution in [3.63, 3.8) is 0 Å². The summed E-state index contributed by atoms with van der Waals surface area (Å²) in [6.45, 7) is 4.35. The zero-order valence-electron chi connectivity index (χ0n) is 12.2. The van der Waals surface area contributed by atoms with Crippen LogP contribution in [0, 0.1) is 0 Å². The van der Waals surface area contributed by atoms with Crippen LogP contribution in [0.15, 0.2) is 41.0 Å². The smallest absolute Gasteiger partial charge is 0.338 e. The van der Waals surface area contributed by atoms with E-state index in [1.807, 2.05) is 26.0 Å². The van der Waals surface area contributed by atoms with Crippen molar-refractivity contribution < 1.29 is 19.1 Å². The second-order valence-electron chi connectivity index (χ2n) is 5.58. The van der Waals surface area contributed by atoms with Gasteiger partial charge in [-0.15, -0.1) is 0 Å². The van der Waals surface area contributed by atoms with E-state index in [0.717, 1.165) is 11.8 Å². The minimum atomic E-state index is -1.13. The SMILES string of the molecule is CC(C)(CNC(=O)c1cc(C(=O)O)co1)c1ccc(Cl)cc1. The van der Waals surface area contributed by atoms with E-state index in [4.69, 9.17) is 21.1 Å². The lowest BCUT2D eigenvalue weighted by Gasteiger charge is -2.25. The predicted molar refractivity (Wildman–Crippen MR) is 82.5 cm³/mol. The Labute approximate surface area is 132 Å². The quantitative estimate of drug-likeness (QED) is 0.885. The number of amides is 1. The van der Waals surface area contributed by atoms with Crippen LogP contribution >= 0.6 is 11.6 Å². The molecule has 0 bridgehead atoms. The van der Waals surface area contributed by atoms with Gasteiger partial charge in [0.2, 0.25) is 0 Å². The maximum atomic E-state index is 12.0. The van der Waals surface area contributed by atoms with Crippen molar-refractivity contribution in [1.82, 2.24) is 5.32 Å². The van der Waals surface area contributed by atoms with Crippen molar-refractivity contribution in [2.24, 2.45) is 0 Å². The minimum absolute atomic E-state index is 0.0238. The fourth-order valence-corrected chi connectivity index (χ4v) is 2.08. The number of carboxylic acids is 1. The standard InChI is InChI=1S/C16H16ClNO4/c1-16(2,11-3-5-12(17)6-4-11)9-18-14(19)13-7-10(8-22-13)15(20)21/h3-8H,9H2,1-2H3,(H,18,19)(H,20,21). The molecule has 22 heavy (non-hydrogen) atoms. The predicted octanol–water partition coefficient (Wildman–Crippen LogP) is 3.34. The van der Waals surface area contributed by atoms with Gasteiger partial charge in [0.1, 0.15) is 6.26 Å². The van der Waals surface area contributed by atoms with E-state index >= 15 is 0 Å². The lowest BCUT2D eigenvalue weighted by Crippen LogP contribution is -2.36. The molecule has 5 nitrogen and oxygen atoms in total. The number of nitrogens with one attached hydrogen (secondary N) is 1. The van der Waals surface area contributed by atoms with Gasteiger partial charge in [0.05, 0.1) is 5.56 Å². The number of rotatable bonds is 5. The summed E-state index contributed by atoms with van der Waals surface area (Å²) < 4.78 is 4.96. The van der Waals surface area contributed by atoms with Crippen LogP contribution in [-0.2, 0) is 5.41 Å². The first-order valence-corrected chi connectivity index (χ1v) is 7.03. The first-order chi connectivity index (χ1) is 10.3. The van der Waals surface area contributed by atoms with Gasteiger partial charge in [0, 0.05) is 23.0 Å². The summed E-state index contributed by atoms with van der Waals surface area (Å²) in [5, 5.41) is 12.2. The molecule has 0 saturated carbocycles. The zero-order valence-corrected chi connectivity index (χ0v) is 13.0. The Morgan fingerprint density at radius 2 is 1.91 bits per heavy atom. The lowest BCUT2D eigenvalue weighted by atomic mass is 9.84. The van der Waals surface area contributed by atoms with E-state index < -0.39 is 11.9 Å². The van der Waals surface area contributed by atoms with Crippen LogP contribution in [0.25, 0.3) is 0 Å². The molecule has 2 N–H and O–H groups in total. The first kappa shape index (κ1) is 16.1. The highest BCUT2D eigenvalue weighted by atomic mass is 35.5. The molecule has 0 spiro atoms. The minimum Gasteiger partial charge on any atom is -0.478 e. The molecule has 0 unspecified atom stereocenters. The maximum absolute atomic E-state index is 12.0. The molecule has 116 valence electrons. The summed E-state index contributed by atoms with van der Waals surface area (Å²) in [6, 6.07) is 8.61. The Kier molecular flexibility index (Phi) is 4.56. The van der Waals surface area contributed by atoms with Crippen LogP contribution in [-0.4, -0.2) is 23.5 Å². The number of hydrogen-bond donors (Lipinski definition) is 2. The largest absolute Gasteiger partial charge is 0.478 e. The van der Waals surface area contributed by atoms with Gasteiger partial charge in [-0.25, -0.2) is 4.79 Å². The third-order valence-corrected chi connectivity index (χ3v) is 3.64. The van der Waals surface area contributed by atoms with Crippen LogP contribution in [0.5, 0.6) is 0 Å². The second-order valence-corrected chi connectivity index (χ2v) is 6.01. The molecule has 0 atom stereocenters. The van der Waals surface area contributed by atoms with Gasteiger partial charge in [0.25, 0.3) is 5.91 Å². The summed E-state index contributed by atoms with van der Waals surface area (Å²) in [6.07, 6.45) is 1.04. The van der Waals surface area contributed by atoms with E-state index in [1.165, 1.54) is 6.07 Å². The topological polar surface area (TPSA) is 79.5 Å². The summed E-state index contributed by atoms with van der Waals surface area (Å²) in [7, 11) is 0. The van der Waals surface area contributed by atoms with Crippen LogP contribution in [0.4, 0.5) is 0 Å². The number of benzene rings is 1. The highest BCUT2D eigenvalue weighted by Crippen LogP contribution is 2.24. The molecule has 0 aliphatic carbocycles. The molecule has 1 aromatic carbocycles. The average Bonchev–Trinajstić information content (AvgIpc) is 2.95. The van der Waals surface area contributed by atoms with Gasteiger partial charge in [0.15, 0.2) is 5.76 Å². The van der Waals surface area contributed by atoms with Crippen molar-refractivity contribution in [3.05, 3.63) is 58.5 Å². The van der Waals surface area contributed by atoms with E-state index in [0.29, 0.717) is 11.6 Å². The van der Waals surface area contributed by atoms with Crippen molar-refractivity contribution in [1.29, 1.82) is 0 Å². The number of furan rings is 1. The number of carboxylic acid groups (broad SMARTS) is 1. The third kappa shape index (κ3) is 3.68. The second kappa shape index (κ2) is 6.23. The lowest BCUT2D eigenvalue weighted by molar-refractivity contribution is 0.0696. The van der Waals surface area contributed by atoms with Gasteiger partial charge < -0.3 is 14.8 Å². The summed E-state index contributed by atoms with van der Waals surface area (Å²) >= 11 is 5.87. The van der Waals surface area contributed by atoms with Crippen molar-refractivity contribution >= 4 is 23.5 Å². The Morgan fingerprint density at radius 1 is 1.27 bits per heavy atom. The summed E-state index contributed by atoms with van der Waals surface area (Å²) in [5.41, 5.74) is 0.674. The van der Waals surface area contributed by atoms with Crippen molar-refractivity contribution in [2.75, 3.05) is 6.54 Å². The van der Waals surface area contributed by atoms with E-state index in [2.05, 4.69) is 5.32 Å². The molecule has 6 heteroatoms. The summed E-state index contributed by atoms with van der Waals surface area (Å²) in [4.78, 5) is 22.8. The maximum Gasteiger partial charge on any atom is 0.338 e. The molecular weight excluding hydrogens is 306 g/mol. The van der Waals surface area contributed by atoms with Gasteiger partial charge in [-0.05, 0) is 17.7 Å². The van der Waals surface area contributed by atoms with Crippen molar-refractivity contribution in [2.45, 2.75) is 19.3 Å².